The summed E-state index contributed by atoms with van der Waals surface area (Å²) >= 11 is 0. The second-order valence-electron chi connectivity index (χ2n) is 6.26. The molecule has 0 unspecified atom stereocenters. The van der Waals surface area contributed by atoms with Crippen molar-refractivity contribution < 1.29 is 13.9 Å². The van der Waals surface area contributed by atoms with Gasteiger partial charge in [0.05, 0.1) is 35.9 Å². The monoisotopic (exact) mass is 385 g/mol. The van der Waals surface area contributed by atoms with Gasteiger partial charge in [-0.1, -0.05) is 30.3 Å². The largest absolute Gasteiger partial charge is 0.467 e. The number of ether oxygens (including phenoxy) is 1. The predicted molar refractivity (Wildman–Crippen MR) is 110 cm³/mol. The van der Waals surface area contributed by atoms with Crippen molar-refractivity contribution in [2.24, 2.45) is 0 Å². The second kappa shape index (κ2) is 8.75. The number of aromatic nitrogens is 1. The molecule has 0 aliphatic rings. The lowest BCUT2D eigenvalue weighted by Crippen LogP contribution is -2.22. The van der Waals surface area contributed by atoms with Gasteiger partial charge in [-0.2, -0.15) is 0 Å². The van der Waals surface area contributed by atoms with Crippen LogP contribution in [0.3, 0.4) is 0 Å². The first-order valence-electron chi connectivity index (χ1n) is 9.12. The zero-order valence-corrected chi connectivity index (χ0v) is 15.5. The summed E-state index contributed by atoms with van der Waals surface area (Å²) < 4.78 is 11.2. The molecule has 0 saturated carbocycles. The Morgan fingerprint density at radius 1 is 0.966 bits per heavy atom. The number of carbonyl (C=O) groups is 1. The number of hydrogen-bond acceptors (Lipinski definition) is 5. The summed E-state index contributed by atoms with van der Waals surface area (Å²) in [7, 11) is 0. The number of pyridine rings is 1. The van der Waals surface area contributed by atoms with Crippen LogP contribution in [0.2, 0.25) is 0 Å². The van der Waals surface area contributed by atoms with E-state index in [-0.39, 0.29) is 5.91 Å². The van der Waals surface area contributed by atoms with Gasteiger partial charge in [0.1, 0.15) is 11.5 Å². The van der Waals surface area contributed by atoms with Crippen molar-refractivity contribution >= 4 is 17.3 Å². The molecule has 2 N–H and O–H groups in total. The molecule has 6 nitrogen and oxygen atoms in total. The van der Waals surface area contributed by atoms with Crippen molar-refractivity contribution in [1.29, 1.82) is 0 Å². The van der Waals surface area contributed by atoms with Gasteiger partial charge in [-0.15, -0.1) is 0 Å². The first kappa shape index (κ1) is 18.3. The summed E-state index contributed by atoms with van der Waals surface area (Å²) in [5.41, 5.74) is 1.90. The zero-order valence-electron chi connectivity index (χ0n) is 15.5. The molecular formula is C23H19N3O3. The quantitative estimate of drug-likeness (QED) is 0.461. The Morgan fingerprint density at radius 2 is 1.79 bits per heavy atom. The fraction of sp³-hybridized carbons (Fsp3) is 0.0435. The number of nitrogens with zero attached hydrogens (tertiary/aromatic N) is 1. The number of benzene rings is 2. The van der Waals surface area contributed by atoms with Crippen LogP contribution in [0.25, 0.3) is 0 Å². The third-order valence-electron chi connectivity index (χ3n) is 4.14. The molecule has 4 rings (SSSR count). The maximum Gasteiger partial charge on any atom is 0.253 e. The van der Waals surface area contributed by atoms with Crippen molar-refractivity contribution in [3.8, 4) is 11.5 Å². The Morgan fingerprint density at radius 3 is 2.62 bits per heavy atom. The molecule has 0 atom stereocenters. The fourth-order valence-corrected chi connectivity index (χ4v) is 2.75. The first-order valence-corrected chi connectivity index (χ1v) is 9.12. The minimum atomic E-state index is -0.230. The highest BCUT2D eigenvalue weighted by molar-refractivity contribution is 5.94. The highest BCUT2D eigenvalue weighted by Gasteiger charge is 2.10. The Bertz CT molecular complexity index is 1080. The molecule has 4 aromatic rings. The summed E-state index contributed by atoms with van der Waals surface area (Å²) in [5, 5.41) is 6.08. The van der Waals surface area contributed by atoms with Crippen LogP contribution in [-0.4, -0.2) is 10.9 Å². The second-order valence-corrected chi connectivity index (χ2v) is 6.26. The van der Waals surface area contributed by atoms with E-state index >= 15 is 0 Å². The van der Waals surface area contributed by atoms with E-state index in [0.29, 0.717) is 29.3 Å². The molecular weight excluding hydrogens is 366 g/mol. The Hall–Kier alpha value is -4.06. The summed E-state index contributed by atoms with van der Waals surface area (Å²) in [4.78, 5) is 16.6. The molecule has 0 saturated heterocycles. The number of para-hydroxylation sites is 3. The summed E-state index contributed by atoms with van der Waals surface area (Å²) in [6.07, 6.45) is 4.75. The Labute approximate surface area is 168 Å². The highest BCUT2D eigenvalue weighted by Crippen LogP contribution is 2.31. The average molecular weight is 385 g/mol. The van der Waals surface area contributed by atoms with Crippen LogP contribution in [-0.2, 0) is 6.54 Å². The lowest BCUT2D eigenvalue weighted by atomic mass is 10.2. The van der Waals surface area contributed by atoms with Gasteiger partial charge in [0, 0.05) is 6.20 Å². The van der Waals surface area contributed by atoms with E-state index in [4.69, 9.17) is 9.15 Å². The molecule has 6 heteroatoms. The molecule has 0 aliphatic carbocycles. The molecule has 144 valence electrons. The van der Waals surface area contributed by atoms with E-state index in [1.165, 1.54) is 6.20 Å². The fourth-order valence-electron chi connectivity index (χ4n) is 2.75. The molecule has 2 aromatic heterocycles. The average Bonchev–Trinajstić information content (AvgIpc) is 3.28. The number of nitrogens with one attached hydrogen (secondary N) is 2. The van der Waals surface area contributed by atoms with E-state index < -0.39 is 0 Å². The Balaban J connectivity index is 1.47. The van der Waals surface area contributed by atoms with E-state index in [0.717, 1.165) is 11.4 Å². The molecule has 2 heterocycles. The van der Waals surface area contributed by atoms with Crippen LogP contribution in [0, 0.1) is 0 Å². The normalized spacial score (nSPS) is 10.3. The van der Waals surface area contributed by atoms with Crippen LogP contribution >= 0.6 is 0 Å². The third-order valence-corrected chi connectivity index (χ3v) is 4.14. The van der Waals surface area contributed by atoms with Gasteiger partial charge in [-0.25, -0.2) is 0 Å². The maximum atomic E-state index is 12.4. The van der Waals surface area contributed by atoms with Crippen molar-refractivity contribution in [3.05, 3.63) is 103 Å². The van der Waals surface area contributed by atoms with Crippen molar-refractivity contribution in [1.82, 2.24) is 10.3 Å². The van der Waals surface area contributed by atoms with Gasteiger partial charge in [0.25, 0.3) is 5.91 Å². The minimum absolute atomic E-state index is 0.230. The lowest BCUT2D eigenvalue weighted by molar-refractivity contribution is 0.0947. The number of anilines is 2. The summed E-state index contributed by atoms with van der Waals surface area (Å²) in [5.74, 6) is 1.87. The standard InChI is InChI=1S/C23H19N3O3/c27-23(25-16-20-9-6-12-28-20)17-13-18(15-24-14-17)26-21-10-4-5-11-22(21)29-19-7-2-1-3-8-19/h1-15,26H,16H2,(H,25,27). The van der Waals surface area contributed by atoms with Gasteiger partial charge in [0.15, 0.2) is 5.75 Å². The van der Waals surface area contributed by atoms with E-state index in [1.54, 1.807) is 30.7 Å². The number of rotatable bonds is 7. The molecule has 0 fully saturated rings. The van der Waals surface area contributed by atoms with Crippen molar-refractivity contribution in [2.75, 3.05) is 5.32 Å². The number of furan rings is 1. The van der Waals surface area contributed by atoms with Crippen LogP contribution in [0.4, 0.5) is 11.4 Å². The predicted octanol–water partition coefficient (Wildman–Crippen LogP) is 5.14. The van der Waals surface area contributed by atoms with Crippen LogP contribution in [0.1, 0.15) is 16.1 Å². The molecule has 2 aromatic carbocycles. The van der Waals surface area contributed by atoms with Gasteiger partial charge in [-0.05, 0) is 42.5 Å². The number of carbonyl (C=O) groups excluding carboxylic acids is 1. The maximum absolute atomic E-state index is 12.4. The SMILES string of the molecule is O=C(NCc1ccco1)c1cncc(Nc2ccccc2Oc2ccccc2)c1. The molecule has 0 bridgehead atoms. The van der Waals surface area contributed by atoms with Crippen molar-refractivity contribution in [2.45, 2.75) is 6.54 Å². The van der Waals surface area contributed by atoms with Gasteiger partial charge < -0.3 is 19.8 Å². The minimum Gasteiger partial charge on any atom is -0.467 e. The van der Waals surface area contributed by atoms with E-state index in [9.17, 15) is 4.79 Å². The van der Waals surface area contributed by atoms with E-state index in [1.807, 2.05) is 54.6 Å². The molecule has 0 spiro atoms. The lowest BCUT2D eigenvalue weighted by Gasteiger charge is -2.13. The summed E-state index contributed by atoms with van der Waals surface area (Å²) in [6.45, 7) is 0.317. The Kier molecular flexibility index (Phi) is 5.53. The molecule has 1 amide bonds. The molecule has 0 aliphatic heterocycles. The van der Waals surface area contributed by atoms with Gasteiger partial charge in [0.2, 0.25) is 0 Å². The third kappa shape index (κ3) is 4.81. The molecule has 29 heavy (non-hydrogen) atoms. The number of amides is 1. The van der Waals surface area contributed by atoms with Gasteiger partial charge >= 0.3 is 0 Å². The first-order chi connectivity index (χ1) is 14.3. The number of hydrogen-bond donors (Lipinski definition) is 2. The molecule has 0 radical (unpaired) electrons. The van der Waals surface area contributed by atoms with Crippen LogP contribution in [0.5, 0.6) is 11.5 Å². The van der Waals surface area contributed by atoms with Crippen molar-refractivity contribution in [3.63, 3.8) is 0 Å². The van der Waals surface area contributed by atoms with Crippen LogP contribution in [0.15, 0.2) is 95.9 Å². The summed E-state index contributed by atoms with van der Waals surface area (Å²) in [6, 6.07) is 22.5. The topological polar surface area (TPSA) is 76.4 Å². The highest BCUT2D eigenvalue weighted by atomic mass is 16.5. The van der Waals surface area contributed by atoms with Gasteiger partial charge in [-0.3, -0.25) is 9.78 Å². The zero-order chi connectivity index (χ0) is 19.9. The van der Waals surface area contributed by atoms with Crippen LogP contribution < -0.4 is 15.4 Å². The smallest absolute Gasteiger partial charge is 0.253 e. The van der Waals surface area contributed by atoms with E-state index in [2.05, 4.69) is 15.6 Å².